The summed E-state index contributed by atoms with van der Waals surface area (Å²) in [5.41, 5.74) is -0.390. The highest BCUT2D eigenvalue weighted by atomic mass is 32.2. The molecule has 0 unspecified atom stereocenters. The molecule has 0 aliphatic heterocycles. The summed E-state index contributed by atoms with van der Waals surface area (Å²) in [5, 5.41) is 22.5. The zero-order valence-corrected chi connectivity index (χ0v) is 29.3. The van der Waals surface area contributed by atoms with Gasteiger partial charge in [-0.2, -0.15) is 0 Å². The van der Waals surface area contributed by atoms with E-state index in [1.807, 2.05) is 13.8 Å². The molecule has 6 rings (SSSR count). The Morgan fingerprint density at radius 3 is 2.33 bits per heavy atom. The van der Waals surface area contributed by atoms with E-state index in [2.05, 4.69) is 32.4 Å². The molecule has 0 spiro atoms. The molecule has 45 heavy (non-hydrogen) atoms. The molecule has 6 aliphatic rings. The Morgan fingerprint density at radius 1 is 0.978 bits per heavy atom. The van der Waals surface area contributed by atoms with Crippen LogP contribution in [0.5, 0.6) is 0 Å². The fraction of sp³-hybridized carbons (Fsp3) is 0.944. The topological polar surface area (TPSA) is 130 Å². The van der Waals surface area contributed by atoms with Crippen LogP contribution in [0.2, 0.25) is 0 Å². The number of aliphatic hydroxyl groups excluding tert-OH is 2. The van der Waals surface area contributed by atoms with Crippen LogP contribution in [0, 0.1) is 63.6 Å². The van der Waals surface area contributed by atoms with Crippen LogP contribution >= 0.6 is 0 Å². The van der Waals surface area contributed by atoms with Crippen molar-refractivity contribution in [2.45, 2.75) is 142 Å². The Morgan fingerprint density at radius 2 is 1.67 bits per heavy atom. The molecule has 6 aliphatic carbocycles. The highest BCUT2D eigenvalue weighted by Crippen LogP contribution is 2.69. The monoisotopic (exact) mass is 649 g/mol. The van der Waals surface area contributed by atoms with Crippen molar-refractivity contribution in [2.24, 2.45) is 63.6 Å². The van der Waals surface area contributed by atoms with Gasteiger partial charge in [-0.3, -0.25) is 4.79 Å². The lowest BCUT2D eigenvalue weighted by Gasteiger charge is -2.64. The molecule has 2 bridgehead atoms. The molecule has 14 atom stereocenters. The number of Topliss-reactive ketones (excluding diaryl/α,β-unsaturated/α-hetero) is 1. The molecular formula is C36H59NO7S. The largest absolute Gasteiger partial charge is 0.449 e. The van der Waals surface area contributed by atoms with Crippen molar-refractivity contribution in [1.29, 1.82) is 0 Å². The van der Waals surface area contributed by atoms with Crippen molar-refractivity contribution in [3.05, 3.63) is 0 Å². The van der Waals surface area contributed by atoms with E-state index in [0.717, 1.165) is 51.4 Å². The van der Waals surface area contributed by atoms with Crippen LogP contribution in [0.25, 0.3) is 0 Å². The van der Waals surface area contributed by atoms with Gasteiger partial charge in [0.05, 0.1) is 18.8 Å². The second-order valence-electron chi connectivity index (χ2n) is 17.1. The lowest BCUT2D eigenvalue weighted by molar-refractivity contribution is -0.203. The normalized spacial score (nSPS) is 49.6. The molecular weight excluding hydrogens is 590 g/mol. The van der Waals surface area contributed by atoms with Crippen LogP contribution in [0.1, 0.15) is 125 Å². The molecule has 256 valence electrons. The molecule has 0 heterocycles. The maximum absolute atomic E-state index is 13.6. The average molecular weight is 650 g/mol. The molecule has 1 amide bonds. The second-order valence-corrected chi connectivity index (χ2v) is 19.0. The number of aliphatic hydroxyl groups is 2. The lowest BCUT2D eigenvalue weighted by Crippen LogP contribution is -2.62. The van der Waals surface area contributed by atoms with Crippen LogP contribution in [-0.4, -0.2) is 54.1 Å². The predicted octanol–water partition coefficient (Wildman–Crippen LogP) is 6.23. The van der Waals surface area contributed by atoms with Crippen molar-refractivity contribution in [2.75, 3.05) is 6.61 Å². The van der Waals surface area contributed by atoms with Gasteiger partial charge in [-0.05, 0) is 134 Å². The maximum atomic E-state index is 13.6. The van der Waals surface area contributed by atoms with Gasteiger partial charge in [0.2, 0.25) is 0 Å². The van der Waals surface area contributed by atoms with Gasteiger partial charge in [0.25, 0.3) is 10.0 Å². The van der Waals surface area contributed by atoms with Crippen LogP contribution in [0.15, 0.2) is 0 Å². The number of rotatable bonds is 8. The summed E-state index contributed by atoms with van der Waals surface area (Å²) in [5.74, 6) is 2.35. The van der Waals surface area contributed by atoms with E-state index in [-0.39, 0.29) is 71.9 Å². The first kappa shape index (κ1) is 33.7. The van der Waals surface area contributed by atoms with Gasteiger partial charge in [0.1, 0.15) is 0 Å². The molecule has 0 aromatic heterocycles. The number of sulfonamides is 1. The molecule has 3 N–H and O–H groups in total. The average Bonchev–Trinajstić information content (AvgIpc) is 3.56. The van der Waals surface area contributed by atoms with Crippen LogP contribution in [-0.2, 0) is 19.6 Å². The van der Waals surface area contributed by atoms with Crippen molar-refractivity contribution in [3.8, 4) is 0 Å². The summed E-state index contributed by atoms with van der Waals surface area (Å²) in [6.07, 6.45) is 9.02. The molecule has 0 aromatic rings. The Labute approximate surface area is 271 Å². The summed E-state index contributed by atoms with van der Waals surface area (Å²) >= 11 is 0. The molecule has 0 saturated heterocycles. The van der Waals surface area contributed by atoms with E-state index >= 15 is 0 Å². The second kappa shape index (κ2) is 11.5. The standard InChI is InChI=1S/C36H59NO7S/c1-7-24-28-20-23(38)12-15-34(28,5)27-13-16-33(4)25(9-10-26(33)30(27)31(24)40)21(3)14-18-44-32(41)37-45(42,43)36-17-11-22(19-29(36)39)35(36,6)8-2/h21-28,30-31,38,40H,7-20H2,1-6H3,(H,37,41)/t21-,22-,23-,24-,25-,26+,27+,28+,30+,31-,33-,34-,35-,36-/m1/s1. The summed E-state index contributed by atoms with van der Waals surface area (Å²) in [6.45, 7) is 13.3. The minimum atomic E-state index is -4.24. The third kappa shape index (κ3) is 4.65. The Bertz CT molecular complexity index is 1290. The SMILES string of the molecule is CC[C@H]1[C@@H](O)[C@@H]2[C@H](CC[C@]3(C)[C@@H]([C@H](C)CCOC(=O)NS(=O)(=O)[C@]45CC[C@H](CC4=O)[C@@]5(C)CC)CC[C@@H]23)[C@@]2(C)CC[C@@H](O)C[C@@H]12. The van der Waals surface area contributed by atoms with E-state index in [9.17, 15) is 28.2 Å². The first-order chi connectivity index (χ1) is 21.1. The summed E-state index contributed by atoms with van der Waals surface area (Å²) in [7, 11) is -4.24. The minimum absolute atomic E-state index is 0.0394. The van der Waals surface area contributed by atoms with E-state index < -0.39 is 26.3 Å². The summed E-state index contributed by atoms with van der Waals surface area (Å²) in [6, 6.07) is 0. The van der Waals surface area contributed by atoms with E-state index in [1.54, 1.807) is 0 Å². The highest BCUT2D eigenvalue weighted by Gasteiger charge is 2.72. The Kier molecular flexibility index (Phi) is 8.58. The summed E-state index contributed by atoms with van der Waals surface area (Å²) < 4.78 is 33.2. The fourth-order valence-corrected chi connectivity index (χ4v) is 15.5. The predicted molar refractivity (Wildman–Crippen MR) is 172 cm³/mol. The first-order valence-electron chi connectivity index (χ1n) is 18.2. The molecule has 6 fully saturated rings. The zero-order chi connectivity index (χ0) is 32.7. The number of hydrogen-bond donors (Lipinski definition) is 3. The molecule has 0 aromatic carbocycles. The number of ether oxygens (including phenoxy) is 1. The van der Waals surface area contributed by atoms with Gasteiger partial charge in [0, 0.05) is 6.42 Å². The van der Waals surface area contributed by atoms with Crippen molar-refractivity contribution in [3.63, 3.8) is 0 Å². The smallest absolute Gasteiger partial charge is 0.420 e. The van der Waals surface area contributed by atoms with E-state index in [0.29, 0.717) is 42.9 Å². The third-order valence-electron chi connectivity index (χ3n) is 15.9. The van der Waals surface area contributed by atoms with Crippen molar-refractivity contribution in [1.82, 2.24) is 4.72 Å². The van der Waals surface area contributed by atoms with Crippen molar-refractivity contribution >= 4 is 21.9 Å². The number of nitrogens with one attached hydrogen (secondary N) is 1. The Hall–Kier alpha value is -1.19. The maximum Gasteiger partial charge on any atom is 0.420 e. The fourth-order valence-electron chi connectivity index (χ4n) is 13.3. The summed E-state index contributed by atoms with van der Waals surface area (Å²) in [4.78, 5) is 25.8. The van der Waals surface area contributed by atoms with E-state index in [1.165, 1.54) is 0 Å². The number of hydrogen-bond acceptors (Lipinski definition) is 7. The van der Waals surface area contributed by atoms with E-state index in [4.69, 9.17) is 4.74 Å². The highest BCUT2D eigenvalue weighted by molar-refractivity contribution is 7.92. The number of carbonyl (C=O) groups is 2. The van der Waals surface area contributed by atoms with Gasteiger partial charge in [-0.1, -0.05) is 48.0 Å². The molecule has 0 radical (unpaired) electrons. The minimum Gasteiger partial charge on any atom is -0.449 e. The van der Waals surface area contributed by atoms with Crippen LogP contribution < -0.4 is 4.72 Å². The Balaban J connectivity index is 1.09. The van der Waals surface area contributed by atoms with Gasteiger partial charge in [0.15, 0.2) is 10.5 Å². The number of carbonyl (C=O) groups excluding carboxylic acids is 2. The molecule has 8 nitrogen and oxygen atoms in total. The zero-order valence-electron chi connectivity index (χ0n) is 28.5. The van der Waals surface area contributed by atoms with Gasteiger partial charge >= 0.3 is 6.09 Å². The molecule has 6 saturated carbocycles. The molecule has 9 heteroatoms. The van der Waals surface area contributed by atoms with Crippen LogP contribution in [0.3, 0.4) is 0 Å². The lowest BCUT2D eigenvalue weighted by atomic mass is 9.41. The number of amides is 1. The van der Waals surface area contributed by atoms with Crippen molar-refractivity contribution < 1.29 is 33.0 Å². The first-order valence-corrected chi connectivity index (χ1v) is 19.7. The quantitative estimate of drug-likeness (QED) is 0.284. The number of fused-ring (bicyclic) bond motifs is 7. The third-order valence-corrected chi connectivity index (χ3v) is 18.2. The van der Waals surface area contributed by atoms with Gasteiger partial charge < -0.3 is 14.9 Å². The van der Waals surface area contributed by atoms with Gasteiger partial charge in [-0.15, -0.1) is 0 Å². The van der Waals surface area contributed by atoms with Gasteiger partial charge in [-0.25, -0.2) is 17.9 Å². The van der Waals surface area contributed by atoms with Crippen LogP contribution in [0.4, 0.5) is 4.79 Å². The number of ketones is 1.